The minimum atomic E-state index is 1.13. The highest BCUT2D eigenvalue weighted by atomic mass is 32.1. The van der Waals surface area contributed by atoms with Crippen molar-refractivity contribution in [3.05, 3.63) is 212 Å². The molecular weight excluding hydrogens is 751 g/mol. The summed E-state index contributed by atoms with van der Waals surface area (Å²) in [6, 6.07) is 78.2. The molecule has 0 aliphatic carbocycles. The van der Waals surface area contributed by atoms with Crippen LogP contribution in [0.5, 0.6) is 0 Å². The van der Waals surface area contributed by atoms with Gasteiger partial charge >= 0.3 is 0 Å². The summed E-state index contributed by atoms with van der Waals surface area (Å²) in [7, 11) is 0. The van der Waals surface area contributed by atoms with Gasteiger partial charge in [0, 0.05) is 46.0 Å². The van der Waals surface area contributed by atoms with E-state index < -0.39 is 0 Å². The molecule has 2 aromatic heterocycles. The van der Waals surface area contributed by atoms with E-state index in [1.807, 2.05) is 22.7 Å². The van der Waals surface area contributed by atoms with E-state index >= 15 is 0 Å². The van der Waals surface area contributed by atoms with Crippen molar-refractivity contribution in [1.82, 2.24) is 0 Å². The van der Waals surface area contributed by atoms with Gasteiger partial charge in [0.15, 0.2) is 0 Å². The molecule has 12 rings (SSSR count). The molecule has 10 aromatic carbocycles. The minimum Gasteiger partial charge on any atom is -0.309 e. The summed E-state index contributed by atoms with van der Waals surface area (Å²) in [5.41, 5.74) is 10.9. The first kappa shape index (κ1) is 34.0. The zero-order chi connectivity index (χ0) is 38.9. The molecule has 3 heteroatoms. The van der Waals surface area contributed by atoms with Crippen LogP contribution in [0.25, 0.3) is 95.3 Å². The quantitative estimate of drug-likeness (QED) is 0.152. The molecule has 2 heterocycles. The molecule has 0 aliphatic heterocycles. The molecule has 0 fully saturated rings. The maximum atomic E-state index is 2.54. The Balaban J connectivity index is 1.16. The van der Waals surface area contributed by atoms with Crippen LogP contribution in [-0.2, 0) is 0 Å². The third kappa shape index (κ3) is 5.66. The summed E-state index contributed by atoms with van der Waals surface area (Å²) in [6.45, 7) is 0. The van der Waals surface area contributed by atoms with Gasteiger partial charge in [0.1, 0.15) is 0 Å². The highest BCUT2D eigenvalue weighted by Crippen LogP contribution is 2.52. The normalized spacial score (nSPS) is 11.7. The van der Waals surface area contributed by atoms with E-state index in [4.69, 9.17) is 0 Å². The number of hydrogen-bond acceptors (Lipinski definition) is 3. The van der Waals surface area contributed by atoms with Crippen LogP contribution >= 0.6 is 22.7 Å². The van der Waals surface area contributed by atoms with Gasteiger partial charge in [-0.15, -0.1) is 22.7 Å². The van der Waals surface area contributed by atoms with Gasteiger partial charge in [-0.25, -0.2) is 0 Å². The van der Waals surface area contributed by atoms with Gasteiger partial charge in [-0.1, -0.05) is 170 Å². The standard InChI is InChI=1S/C56H35NS2/c1-4-13-36(14-5-1)40-25-28-47-52(34-40)58-51-22-12-21-49(54(47)51)57(43-27-30-45-42(33-43)24-23-39-19-10-11-20-44(39)45)50-32-31-46(38-17-8-3-9-18-38)56-55(50)48-29-26-41(35-53(48)59-56)37-15-6-2-7-16-37/h1-35H. The van der Waals surface area contributed by atoms with Gasteiger partial charge < -0.3 is 4.90 Å². The molecule has 0 saturated carbocycles. The number of thiophene rings is 2. The molecule has 59 heavy (non-hydrogen) atoms. The van der Waals surface area contributed by atoms with Crippen LogP contribution in [0.1, 0.15) is 0 Å². The Morgan fingerprint density at radius 2 is 0.881 bits per heavy atom. The molecule has 0 spiro atoms. The van der Waals surface area contributed by atoms with E-state index in [0.717, 1.165) is 5.69 Å². The number of nitrogens with zero attached hydrogens (tertiary/aromatic N) is 1. The number of hydrogen-bond donors (Lipinski definition) is 0. The van der Waals surface area contributed by atoms with Crippen molar-refractivity contribution in [3.63, 3.8) is 0 Å². The molecule has 1 nitrogen and oxygen atoms in total. The summed E-state index contributed by atoms with van der Waals surface area (Å²) < 4.78 is 5.14. The van der Waals surface area contributed by atoms with Gasteiger partial charge in [-0.3, -0.25) is 0 Å². The van der Waals surface area contributed by atoms with Crippen LogP contribution in [0.15, 0.2) is 212 Å². The monoisotopic (exact) mass is 785 g/mol. The fraction of sp³-hybridized carbons (Fsp3) is 0. The topological polar surface area (TPSA) is 3.24 Å². The second kappa shape index (κ2) is 13.8. The summed E-state index contributed by atoms with van der Waals surface area (Å²) in [4.78, 5) is 2.54. The summed E-state index contributed by atoms with van der Waals surface area (Å²) in [5, 5.41) is 10.1. The first-order valence-electron chi connectivity index (χ1n) is 20.1. The fourth-order valence-corrected chi connectivity index (χ4v) is 11.5. The van der Waals surface area contributed by atoms with Gasteiger partial charge in [0.25, 0.3) is 0 Å². The Morgan fingerprint density at radius 3 is 1.61 bits per heavy atom. The van der Waals surface area contributed by atoms with Crippen LogP contribution in [0.3, 0.4) is 0 Å². The Labute approximate surface area is 350 Å². The highest BCUT2D eigenvalue weighted by molar-refractivity contribution is 7.26. The van der Waals surface area contributed by atoms with Crippen molar-refractivity contribution in [2.24, 2.45) is 0 Å². The average molecular weight is 786 g/mol. The van der Waals surface area contributed by atoms with Gasteiger partial charge in [0.2, 0.25) is 0 Å². The van der Waals surface area contributed by atoms with E-state index in [1.54, 1.807) is 0 Å². The lowest BCUT2D eigenvalue weighted by atomic mass is 9.97. The van der Waals surface area contributed by atoms with Crippen molar-refractivity contribution in [2.45, 2.75) is 0 Å². The number of anilines is 3. The largest absolute Gasteiger partial charge is 0.309 e. The van der Waals surface area contributed by atoms with Crippen LogP contribution < -0.4 is 4.90 Å². The molecule has 0 N–H and O–H groups in total. The molecule has 0 aliphatic rings. The van der Waals surface area contributed by atoms with Crippen molar-refractivity contribution < 1.29 is 0 Å². The summed E-state index contributed by atoms with van der Waals surface area (Å²) in [5.74, 6) is 0. The number of rotatable bonds is 6. The first-order chi connectivity index (χ1) is 29.2. The third-order valence-electron chi connectivity index (χ3n) is 11.8. The molecule has 0 radical (unpaired) electrons. The SMILES string of the molecule is c1ccc(-c2ccc3c(c2)sc2cccc(N(c4ccc5c(ccc6ccccc65)c4)c4ccc(-c5ccccc5)c5sc6cc(-c7ccccc7)ccc6c45)c23)cc1. The Bertz CT molecular complexity index is 3550. The maximum absolute atomic E-state index is 2.54. The van der Waals surface area contributed by atoms with Crippen molar-refractivity contribution in [2.75, 3.05) is 4.90 Å². The Kier molecular flexibility index (Phi) is 7.97. The third-order valence-corrected chi connectivity index (χ3v) is 14.1. The lowest BCUT2D eigenvalue weighted by Gasteiger charge is -2.28. The predicted octanol–water partition coefficient (Wildman–Crippen LogP) is 17.2. The average Bonchev–Trinajstić information content (AvgIpc) is 3.89. The van der Waals surface area contributed by atoms with Crippen LogP contribution in [0.2, 0.25) is 0 Å². The molecule has 0 atom stereocenters. The minimum absolute atomic E-state index is 1.13. The molecular formula is C56H35NS2. The van der Waals surface area contributed by atoms with Crippen LogP contribution in [0, 0.1) is 0 Å². The van der Waals surface area contributed by atoms with E-state index in [0.29, 0.717) is 0 Å². The Morgan fingerprint density at radius 1 is 0.305 bits per heavy atom. The fourth-order valence-electron chi connectivity index (χ4n) is 9.05. The first-order valence-corrected chi connectivity index (χ1v) is 21.7. The van der Waals surface area contributed by atoms with Crippen molar-refractivity contribution >= 4 is 102 Å². The summed E-state index contributed by atoms with van der Waals surface area (Å²) >= 11 is 3.78. The second-order valence-electron chi connectivity index (χ2n) is 15.2. The Hall–Kier alpha value is -7.04. The number of fused-ring (bicyclic) bond motifs is 9. The highest BCUT2D eigenvalue weighted by Gasteiger charge is 2.24. The molecule has 276 valence electrons. The van der Waals surface area contributed by atoms with E-state index in [9.17, 15) is 0 Å². The van der Waals surface area contributed by atoms with Gasteiger partial charge in [0.05, 0.1) is 11.4 Å². The predicted molar refractivity (Wildman–Crippen MR) is 258 cm³/mol. The molecule has 0 amide bonds. The van der Waals surface area contributed by atoms with Crippen molar-refractivity contribution in [3.8, 4) is 33.4 Å². The molecule has 0 bridgehead atoms. The maximum Gasteiger partial charge on any atom is 0.0555 e. The van der Waals surface area contributed by atoms with Crippen LogP contribution in [0.4, 0.5) is 17.1 Å². The van der Waals surface area contributed by atoms with E-state index in [2.05, 4.69) is 217 Å². The second-order valence-corrected chi connectivity index (χ2v) is 17.4. The molecule has 0 unspecified atom stereocenters. The molecule has 12 aromatic rings. The number of benzene rings is 10. The van der Waals surface area contributed by atoms with Gasteiger partial charge in [-0.2, -0.15) is 0 Å². The van der Waals surface area contributed by atoms with Gasteiger partial charge in [-0.05, 0) is 97.4 Å². The molecule has 0 saturated heterocycles. The van der Waals surface area contributed by atoms with Crippen LogP contribution in [-0.4, -0.2) is 0 Å². The van der Waals surface area contributed by atoms with E-state index in [1.165, 1.54) is 107 Å². The zero-order valence-corrected chi connectivity index (χ0v) is 33.6. The van der Waals surface area contributed by atoms with Crippen molar-refractivity contribution in [1.29, 1.82) is 0 Å². The summed E-state index contributed by atoms with van der Waals surface area (Å²) in [6.07, 6.45) is 0. The van der Waals surface area contributed by atoms with E-state index in [-0.39, 0.29) is 0 Å². The lowest BCUT2D eigenvalue weighted by molar-refractivity contribution is 1.33. The smallest absolute Gasteiger partial charge is 0.0555 e. The lowest BCUT2D eigenvalue weighted by Crippen LogP contribution is -2.11. The zero-order valence-electron chi connectivity index (χ0n) is 32.0.